The fourth-order valence-electron chi connectivity index (χ4n) is 2.07. The Morgan fingerprint density at radius 2 is 1.58 bits per heavy atom. The van der Waals surface area contributed by atoms with Gasteiger partial charge in [0, 0.05) is 7.05 Å². The maximum Gasteiger partial charge on any atom is 0.409 e. The first-order valence-corrected chi connectivity index (χ1v) is 8.06. The van der Waals surface area contributed by atoms with E-state index in [1.165, 1.54) is 6.92 Å². The highest BCUT2D eigenvalue weighted by Crippen LogP contribution is 2.39. The highest BCUT2D eigenvalue weighted by molar-refractivity contribution is 7.89. The average molecular weight is 363 g/mol. The average Bonchev–Trinajstić information content (AvgIpc) is 2.48. The Kier molecular flexibility index (Phi) is 4.90. The first-order valence-electron chi connectivity index (χ1n) is 6.62. The standard InChI is InChI=1S/C14H13F4N3O2S/c1-9-19-7-12(8-20-9)24(22,23)21(2)13(14(16,17)18)10-3-5-11(15)6-4-10/h3-8,13H,1-2H3/t13-/m0/s1. The second kappa shape index (κ2) is 6.44. The predicted molar refractivity (Wildman–Crippen MR) is 76.9 cm³/mol. The molecule has 130 valence electrons. The van der Waals surface area contributed by atoms with Gasteiger partial charge in [-0.25, -0.2) is 22.8 Å². The zero-order chi connectivity index (χ0) is 18.1. The molecule has 0 aliphatic carbocycles. The van der Waals surface area contributed by atoms with Crippen LogP contribution in [0.4, 0.5) is 17.6 Å². The number of benzene rings is 1. The molecule has 1 aromatic carbocycles. The molecule has 10 heteroatoms. The zero-order valence-electron chi connectivity index (χ0n) is 12.6. The van der Waals surface area contributed by atoms with E-state index < -0.39 is 38.5 Å². The molecule has 5 nitrogen and oxygen atoms in total. The first-order chi connectivity index (χ1) is 11.0. The Hall–Kier alpha value is -2.07. The molecule has 1 atom stereocenters. The molecule has 0 radical (unpaired) electrons. The number of aryl methyl sites for hydroxylation is 1. The minimum Gasteiger partial charge on any atom is -0.240 e. The Morgan fingerprint density at radius 3 is 2.04 bits per heavy atom. The van der Waals surface area contributed by atoms with Gasteiger partial charge in [-0.3, -0.25) is 0 Å². The minimum absolute atomic E-state index is 0.175. The van der Waals surface area contributed by atoms with Crippen molar-refractivity contribution in [3.8, 4) is 0 Å². The van der Waals surface area contributed by atoms with E-state index in [-0.39, 0.29) is 10.1 Å². The molecule has 24 heavy (non-hydrogen) atoms. The SMILES string of the molecule is Cc1ncc(S(=O)(=O)N(C)[C@@H](c2ccc(F)cc2)C(F)(F)F)cn1. The summed E-state index contributed by atoms with van der Waals surface area (Å²) in [5.74, 6) is -0.445. The van der Waals surface area contributed by atoms with E-state index in [2.05, 4.69) is 9.97 Å². The van der Waals surface area contributed by atoms with E-state index in [1.54, 1.807) is 0 Å². The second-order valence-corrected chi connectivity index (χ2v) is 6.98. The van der Waals surface area contributed by atoms with Crippen LogP contribution in [0, 0.1) is 12.7 Å². The van der Waals surface area contributed by atoms with Crippen molar-refractivity contribution in [2.75, 3.05) is 7.05 Å². The van der Waals surface area contributed by atoms with Crippen molar-refractivity contribution in [3.05, 3.63) is 53.9 Å². The highest BCUT2D eigenvalue weighted by atomic mass is 32.2. The minimum atomic E-state index is -4.90. The molecule has 0 saturated heterocycles. The Bertz CT molecular complexity index is 805. The summed E-state index contributed by atoms with van der Waals surface area (Å²) in [6, 6.07) is 0.994. The summed E-state index contributed by atoms with van der Waals surface area (Å²) in [5.41, 5.74) is -0.400. The van der Waals surface area contributed by atoms with Gasteiger partial charge in [-0.1, -0.05) is 12.1 Å². The molecule has 0 bridgehead atoms. The Labute approximate surface area is 136 Å². The summed E-state index contributed by atoms with van der Waals surface area (Å²) in [5, 5.41) is 0. The maximum absolute atomic E-state index is 13.4. The van der Waals surface area contributed by atoms with Crippen molar-refractivity contribution in [2.24, 2.45) is 0 Å². The molecule has 0 aliphatic rings. The molecule has 0 spiro atoms. The van der Waals surface area contributed by atoms with Crippen molar-refractivity contribution in [3.63, 3.8) is 0 Å². The molecule has 0 unspecified atom stereocenters. The Balaban J connectivity index is 2.50. The van der Waals surface area contributed by atoms with Gasteiger partial charge in [0.25, 0.3) is 0 Å². The predicted octanol–water partition coefficient (Wildman–Crippen LogP) is 2.85. The van der Waals surface area contributed by atoms with E-state index >= 15 is 0 Å². The van der Waals surface area contributed by atoms with Crippen molar-refractivity contribution < 1.29 is 26.0 Å². The number of aromatic nitrogens is 2. The summed E-state index contributed by atoms with van der Waals surface area (Å²) in [4.78, 5) is 6.91. The fourth-order valence-corrected chi connectivity index (χ4v) is 3.29. The number of nitrogens with zero attached hydrogens (tertiary/aromatic N) is 3. The van der Waals surface area contributed by atoms with E-state index in [1.807, 2.05) is 0 Å². The van der Waals surface area contributed by atoms with Gasteiger partial charge in [-0.05, 0) is 24.6 Å². The van der Waals surface area contributed by atoms with Crippen LogP contribution in [0.25, 0.3) is 0 Å². The monoisotopic (exact) mass is 363 g/mol. The van der Waals surface area contributed by atoms with Crippen molar-refractivity contribution in [2.45, 2.75) is 24.0 Å². The fraction of sp³-hybridized carbons (Fsp3) is 0.286. The third-order valence-corrected chi connectivity index (χ3v) is 5.07. The van der Waals surface area contributed by atoms with Crippen molar-refractivity contribution in [1.82, 2.24) is 14.3 Å². The number of hydrogen-bond donors (Lipinski definition) is 0. The molecule has 0 amide bonds. The third kappa shape index (κ3) is 3.70. The lowest BCUT2D eigenvalue weighted by molar-refractivity contribution is -0.171. The van der Waals surface area contributed by atoms with E-state index in [4.69, 9.17) is 0 Å². The molecule has 2 rings (SSSR count). The number of hydrogen-bond acceptors (Lipinski definition) is 4. The van der Waals surface area contributed by atoms with Gasteiger partial charge in [0.2, 0.25) is 10.0 Å². The molecule has 0 fully saturated rings. The smallest absolute Gasteiger partial charge is 0.240 e. The number of sulfonamides is 1. The first kappa shape index (κ1) is 18.3. The largest absolute Gasteiger partial charge is 0.409 e. The van der Waals surface area contributed by atoms with Crippen molar-refractivity contribution >= 4 is 10.0 Å². The molecular weight excluding hydrogens is 350 g/mol. The lowest BCUT2D eigenvalue weighted by atomic mass is 10.1. The molecule has 1 heterocycles. The second-order valence-electron chi connectivity index (χ2n) is 4.98. The van der Waals surface area contributed by atoms with Gasteiger partial charge >= 0.3 is 6.18 Å². The van der Waals surface area contributed by atoms with Crippen LogP contribution < -0.4 is 0 Å². The van der Waals surface area contributed by atoms with Crippen LogP contribution in [0.2, 0.25) is 0 Å². The quantitative estimate of drug-likeness (QED) is 0.784. The van der Waals surface area contributed by atoms with Crippen LogP contribution in [0.1, 0.15) is 17.4 Å². The normalized spacial score (nSPS) is 14.0. The van der Waals surface area contributed by atoms with Crippen LogP contribution in [0.15, 0.2) is 41.6 Å². The van der Waals surface area contributed by atoms with Crippen LogP contribution in [0.3, 0.4) is 0 Å². The van der Waals surface area contributed by atoms with Crippen LogP contribution >= 0.6 is 0 Å². The summed E-state index contributed by atoms with van der Waals surface area (Å²) in [6.07, 6.45) is -3.02. The number of halogens is 4. The van der Waals surface area contributed by atoms with E-state index in [0.29, 0.717) is 0 Å². The lowest BCUT2D eigenvalue weighted by Crippen LogP contribution is -2.39. The van der Waals surface area contributed by atoms with Gasteiger partial charge in [0.15, 0.2) is 0 Å². The summed E-state index contributed by atoms with van der Waals surface area (Å²) in [7, 11) is -3.70. The highest BCUT2D eigenvalue weighted by Gasteiger charge is 2.47. The number of rotatable bonds is 4. The van der Waals surface area contributed by atoms with Gasteiger partial charge in [-0.2, -0.15) is 17.5 Å². The summed E-state index contributed by atoms with van der Waals surface area (Å²) in [6.45, 7) is 1.51. The summed E-state index contributed by atoms with van der Waals surface area (Å²) >= 11 is 0. The number of alkyl halides is 3. The lowest BCUT2D eigenvalue weighted by Gasteiger charge is -2.29. The molecule has 2 aromatic rings. The zero-order valence-corrected chi connectivity index (χ0v) is 13.4. The Morgan fingerprint density at radius 1 is 1.08 bits per heavy atom. The van der Waals surface area contributed by atoms with Gasteiger partial charge in [-0.15, -0.1) is 0 Å². The topological polar surface area (TPSA) is 63.2 Å². The van der Waals surface area contributed by atoms with Crippen molar-refractivity contribution in [1.29, 1.82) is 0 Å². The molecule has 0 N–H and O–H groups in total. The van der Waals surface area contributed by atoms with Crippen LogP contribution in [0.5, 0.6) is 0 Å². The third-order valence-electron chi connectivity index (χ3n) is 3.29. The maximum atomic E-state index is 13.4. The molecule has 1 aromatic heterocycles. The van der Waals surface area contributed by atoms with Gasteiger partial charge in [0.05, 0.1) is 12.4 Å². The summed E-state index contributed by atoms with van der Waals surface area (Å²) < 4.78 is 78.3. The van der Waals surface area contributed by atoms with E-state index in [9.17, 15) is 26.0 Å². The van der Waals surface area contributed by atoms with Gasteiger partial charge in [0.1, 0.15) is 22.6 Å². The van der Waals surface area contributed by atoms with Gasteiger partial charge < -0.3 is 0 Å². The molecule has 0 saturated carbocycles. The van der Waals surface area contributed by atoms with Crippen LogP contribution in [-0.4, -0.2) is 35.9 Å². The molecular formula is C14H13F4N3O2S. The van der Waals surface area contributed by atoms with Crippen LogP contribution in [-0.2, 0) is 10.0 Å². The molecule has 0 aliphatic heterocycles. The van der Waals surface area contributed by atoms with E-state index in [0.717, 1.165) is 43.7 Å².